The normalized spacial score (nSPS) is 13.7. The molecule has 1 saturated heterocycles. The largest absolute Gasteiger partial charge is 0.353 e. The topological polar surface area (TPSA) is 102 Å². The first-order valence-corrected chi connectivity index (χ1v) is 11.6. The fourth-order valence-corrected chi connectivity index (χ4v) is 4.83. The number of amides is 1. The zero-order valence-corrected chi connectivity index (χ0v) is 19.4. The van der Waals surface area contributed by atoms with Crippen molar-refractivity contribution in [3.05, 3.63) is 52.9 Å². The smallest absolute Gasteiger partial charge is 0.239 e. The molecule has 1 amide bonds. The molecule has 0 saturated carbocycles. The van der Waals surface area contributed by atoms with E-state index in [2.05, 4.69) is 16.5 Å². The van der Waals surface area contributed by atoms with E-state index >= 15 is 0 Å². The molecule has 0 aliphatic carbocycles. The maximum atomic E-state index is 13.4. The Bertz CT molecular complexity index is 1420. The lowest BCUT2D eigenvalue weighted by Crippen LogP contribution is -2.48. The fourth-order valence-electron chi connectivity index (χ4n) is 3.97. The SMILES string of the molecule is CCc1nn2ccc(N3CCNC(=O)C3)nc2c1N(C)c1nc(-c2ccc(F)cc2)c(C#N)s1. The summed E-state index contributed by atoms with van der Waals surface area (Å²) in [5, 5.41) is 17.8. The predicted octanol–water partition coefficient (Wildman–Crippen LogP) is 3.13. The molecular formula is C23H21FN8OS. The van der Waals surface area contributed by atoms with Crippen LogP contribution in [0.4, 0.5) is 21.0 Å². The average molecular weight is 477 g/mol. The van der Waals surface area contributed by atoms with E-state index in [0.717, 1.165) is 11.4 Å². The minimum absolute atomic E-state index is 0.0341. The molecule has 4 aromatic rings. The summed E-state index contributed by atoms with van der Waals surface area (Å²) in [6.07, 6.45) is 2.51. The van der Waals surface area contributed by atoms with Gasteiger partial charge >= 0.3 is 0 Å². The lowest BCUT2D eigenvalue weighted by Gasteiger charge is -2.27. The van der Waals surface area contributed by atoms with Crippen molar-refractivity contribution in [2.75, 3.05) is 36.5 Å². The summed E-state index contributed by atoms with van der Waals surface area (Å²) in [6.45, 7) is 3.51. The third-order valence-electron chi connectivity index (χ3n) is 5.67. The summed E-state index contributed by atoms with van der Waals surface area (Å²) >= 11 is 1.26. The van der Waals surface area contributed by atoms with Crippen molar-refractivity contribution in [1.82, 2.24) is 24.9 Å². The number of carbonyl (C=O) groups excluding carboxylic acids is 1. The molecular weight excluding hydrogens is 455 g/mol. The second-order valence-electron chi connectivity index (χ2n) is 7.83. The van der Waals surface area contributed by atoms with Crippen molar-refractivity contribution in [3.8, 4) is 17.3 Å². The predicted molar refractivity (Wildman–Crippen MR) is 128 cm³/mol. The van der Waals surface area contributed by atoms with Crippen molar-refractivity contribution in [2.24, 2.45) is 0 Å². The summed E-state index contributed by atoms with van der Waals surface area (Å²) in [4.78, 5) is 25.7. The number of hydrogen-bond acceptors (Lipinski definition) is 8. The first-order valence-electron chi connectivity index (χ1n) is 10.8. The molecule has 1 aliphatic heterocycles. The number of nitrogens with one attached hydrogen (secondary N) is 1. The highest BCUT2D eigenvalue weighted by Gasteiger charge is 2.24. The Labute approximate surface area is 199 Å². The Morgan fingerprint density at radius 2 is 2.06 bits per heavy atom. The third-order valence-corrected chi connectivity index (χ3v) is 6.71. The van der Waals surface area contributed by atoms with Gasteiger partial charge in [0.25, 0.3) is 0 Å². The Morgan fingerprint density at radius 3 is 2.76 bits per heavy atom. The molecule has 34 heavy (non-hydrogen) atoms. The molecule has 0 spiro atoms. The van der Waals surface area contributed by atoms with Gasteiger partial charge in [0.2, 0.25) is 5.91 Å². The van der Waals surface area contributed by atoms with Gasteiger partial charge in [-0.15, -0.1) is 0 Å². The van der Waals surface area contributed by atoms with E-state index in [1.54, 1.807) is 16.6 Å². The first kappa shape index (κ1) is 21.8. The zero-order chi connectivity index (χ0) is 23.8. The number of aromatic nitrogens is 4. The number of hydrogen-bond donors (Lipinski definition) is 1. The molecule has 1 aliphatic rings. The van der Waals surface area contributed by atoms with E-state index in [-0.39, 0.29) is 18.3 Å². The lowest BCUT2D eigenvalue weighted by molar-refractivity contribution is -0.120. The summed E-state index contributed by atoms with van der Waals surface area (Å²) in [5.74, 6) is 0.318. The third kappa shape index (κ3) is 3.82. The van der Waals surface area contributed by atoms with Crippen molar-refractivity contribution in [3.63, 3.8) is 0 Å². The number of nitrogens with zero attached hydrogens (tertiary/aromatic N) is 7. The van der Waals surface area contributed by atoms with E-state index in [1.807, 2.05) is 36.0 Å². The zero-order valence-electron chi connectivity index (χ0n) is 18.6. The first-order chi connectivity index (χ1) is 16.5. The van der Waals surface area contributed by atoms with E-state index in [9.17, 15) is 14.4 Å². The molecule has 1 aromatic carbocycles. The van der Waals surface area contributed by atoms with E-state index in [0.29, 0.717) is 52.2 Å². The molecule has 0 atom stereocenters. The van der Waals surface area contributed by atoms with Gasteiger partial charge in [0, 0.05) is 31.9 Å². The van der Waals surface area contributed by atoms with Crippen LogP contribution < -0.4 is 15.1 Å². The molecule has 3 aromatic heterocycles. The van der Waals surface area contributed by atoms with Crippen LogP contribution in [-0.2, 0) is 11.2 Å². The number of thiazole rings is 1. The molecule has 9 nitrogen and oxygen atoms in total. The van der Waals surface area contributed by atoms with Crippen LogP contribution in [0.15, 0.2) is 36.5 Å². The number of benzene rings is 1. The number of aryl methyl sites for hydroxylation is 1. The van der Waals surface area contributed by atoms with Crippen LogP contribution in [0.3, 0.4) is 0 Å². The lowest BCUT2D eigenvalue weighted by atomic mass is 10.1. The van der Waals surface area contributed by atoms with Crippen LogP contribution >= 0.6 is 11.3 Å². The number of fused-ring (bicyclic) bond motifs is 1. The summed E-state index contributed by atoms with van der Waals surface area (Å²) in [6, 6.07) is 10.00. The number of carbonyl (C=O) groups is 1. The number of rotatable bonds is 5. The van der Waals surface area contributed by atoms with Crippen molar-refractivity contribution >= 4 is 39.5 Å². The van der Waals surface area contributed by atoms with Crippen molar-refractivity contribution < 1.29 is 9.18 Å². The van der Waals surface area contributed by atoms with Gasteiger partial charge in [0.1, 0.15) is 34.0 Å². The van der Waals surface area contributed by atoms with Crippen LogP contribution in [0, 0.1) is 17.1 Å². The highest BCUT2D eigenvalue weighted by Crippen LogP contribution is 2.38. The van der Waals surface area contributed by atoms with Gasteiger partial charge in [-0.1, -0.05) is 18.3 Å². The fraction of sp³-hybridized carbons (Fsp3) is 0.261. The average Bonchev–Trinajstić information content (AvgIpc) is 3.45. The Kier molecular flexibility index (Phi) is 5.59. The highest BCUT2D eigenvalue weighted by atomic mass is 32.1. The van der Waals surface area contributed by atoms with Gasteiger partial charge < -0.3 is 15.1 Å². The Balaban J connectivity index is 1.58. The number of anilines is 3. The quantitative estimate of drug-likeness (QED) is 0.472. The van der Waals surface area contributed by atoms with E-state index in [1.165, 1.54) is 23.5 Å². The number of halogens is 1. The number of nitriles is 1. The van der Waals surface area contributed by atoms with Gasteiger partial charge in [-0.3, -0.25) is 4.79 Å². The maximum Gasteiger partial charge on any atom is 0.239 e. The Hall–Kier alpha value is -4.04. The Morgan fingerprint density at radius 1 is 1.26 bits per heavy atom. The van der Waals surface area contributed by atoms with Gasteiger partial charge in [0.15, 0.2) is 10.8 Å². The van der Waals surface area contributed by atoms with Gasteiger partial charge in [-0.05, 0) is 36.8 Å². The monoisotopic (exact) mass is 476 g/mol. The van der Waals surface area contributed by atoms with Crippen LogP contribution in [0.25, 0.3) is 16.9 Å². The molecule has 172 valence electrons. The highest BCUT2D eigenvalue weighted by molar-refractivity contribution is 7.16. The van der Waals surface area contributed by atoms with Crippen molar-refractivity contribution in [1.29, 1.82) is 5.26 Å². The van der Waals surface area contributed by atoms with Crippen molar-refractivity contribution in [2.45, 2.75) is 13.3 Å². The minimum Gasteiger partial charge on any atom is -0.353 e. The molecule has 11 heteroatoms. The summed E-state index contributed by atoms with van der Waals surface area (Å²) < 4.78 is 15.1. The minimum atomic E-state index is -0.346. The molecule has 0 bridgehead atoms. The van der Waals surface area contributed by atoms with Gasteiger partial charge in [0.05, 0.1) is 12.2 Å². The van der Waals surface area contributed by atoms with E-state index in [4.69, 9.17) is 9.97 Å². The van der Waals surface area contributed by atoms with E-state index < -0.39 is 0 Å². The van der Waals surface area contributed by atoms with Crippen LogP contribution in [0.1, 0.15) is 17.5 Å². The second kappa shape index (κ2) is 8.72. The van der Waals surface area contributed by atoms with Crippen LogP contribution in [-0.4, -0.2) is 52.2 Å². The second-order valence-corrected chi connectivity index (χ2v) is 8.80. The number of piperazine rings is 1. The molecule has 5 rings (SSSR count). The molecule has 0 radical (unpaired) electrons. The summed E-state index contributed by atoms with van der Waals surface area (Å²) in [5.41, 5.74) is 3.44. The molecule has 1 N–H and O–H groups in total. The summed E-state index contributed by atoms with van der Waals surface area (Å²) in [7, 11) is 1.87. The maximum absolute atomic E-state index is 13.4. The van der Waals surface area contributed by atoms with Crippen LogP contribution in [0.2, 0.25) is 0 Å². The standard InChI is InChI=1S/C23H21FN8OS/c1-3-16-21(22-27-18(8-10-32(22)29-16)31-11-9-26-19(33)13-31)30(2)23-28-20(17(12-25)34-23)14-4-6-15(24)7-5-14/h4-8,10H,3,9,11,13H2,1-2H3,(H,26,33). The van der Waals surface area contributed by atoms with Gasteiger partial charge in [-0.25, -0.2) is 18.9 Å². The molecule has 1 fully saturated rings. The van der Waals surface area contributed by atoms with Gasteiger partial charge in [-0.2, -0.15) is 10.4 Å². The molecule has 0 unspecified atom stereocenters. The molecule has 4 heterocycles. The van der Waals surface area contributed by atoms with Crippen LogP contribution in [0.5, 0.6) is 0 Å².